The average molecular weight is 267 g/mol. The standard InChI is InChI=1S/C11H13N3O3S/c12-9-3-4-10(18(16,17)14-6-7-15)11-8(9)2-1-5-13-11/h1-5,14-15H,6-7,12H2. The maximum absolute atomic E-state index is 12.0. The first kappa shape index (κ1) is 12.7. The van der Waals surface area contributed by atoms with Gasteiger partial charge in [0.05, 0.1) is 12.1 Å². The third-order valence-corrected chi connectivity index (χ3v) is 3.95. The summed E-state index contributed by atoms with van der Waals surface area (Å²) in [6.45, 7) is -0.305. The fraction of sp³-hybridized carbons (Fsp3) is 0.182. The van der Waals surface area contributed by atoms with Crippen LogP contribution in [0.5, 0.6) is 0 Å². The number of aromatic nitrogens is 1. The van der Waals surface area contributed by atoms with Crippen molar-refractivity contribution in [1.29, 1.82) is 0 Å². The molecule has 2 rings (SSSR count). The van der Waals surface area contributed by atoms with E-state index < -0.39 is 10.0 Å². The van der Waals surface area contributed by atoms with E-state index in [9.17, 15) is 8.42 Å². The van der Waals surface area contributed by atoms with E-state index in [-0.39, 0.29) is 18.0 Å². The van der Waals surface area contributed by atoms with Crippen LogP contribution in [0.2, 0.25) is 0 Å². The fourth-order valence-corrected chi connectivity index (χ4v) is 2.82. The van der Waals surface area contributed by atoms with Crippen molar-refractivity contribution in [3.05, 3.63) is 30.5 Å². The van der Waals surface area contributed by atoms with Crippen molar-refractivity contribution < 1.29 is 13.5 Å². The topological polar surface area (TPSA) is 105 Å². The van der Waals surface area contributed by atoms with Gasteiger partial charge < -0.3 is 10.8 Å². The fourth-order valence-electron chi connectivity index (χ4n) is 1.64. The zero-order valence-corrected chi connectivity index (χ0v) is 10.3. The van der Waals surface area contributed by atoms with Crippen LogP contribution in [-0.2, 0) is 10.0 Å². The Bertz CT molecular complexity index is 670. The molecule has 0 unspecified atom stereocenters. The average Bonchev–Trinajstić information content (AvgIpc) is 2.37. The molecule has 18 heavy (non-hydrogen) atoms. The van der Waals surface area contributed by atoms with Gasteiger partial charge in [-0.2, -0.15) is 0 Å². The number of hydrogen-bond donors (Lipinski definition) is 3. The van der Waals surface area contributed by atoms with Crippen LogP contribution >= 0.6 is 0 Å². The molecule has 7 heteroatoms. The molecule has 0 saturated carbocycles. The third kappa shape index (κ3) is 2.28. The van der Waals surface area contributed by atoms with Crippen molar-refractivity contribution in [2.45, 2.75) is 4.90 Å². The quantitative estimate of drug-likeness (QED) is 0.681. The second-order valence-electron chi connectivity index (χ2n) is 3.67. The van der Waals surface area contributed by atoms with E-state index in [4.69, 9.17) is 10.8 Å². The third-order valence-electron chi connectivity index (χ3n) is 2.46. The Balaban J connectivity index is 2.62. The van der Waals surface area contributed by atoms with Gasteiger partial charge in [0.1, 0.15) is 4.90 Å². The highest BCUT2D eigenvalue weighted by Gasteiger charge is 2.18. The molecule has 0 radical (unpaired) electrons. The first-order chi connectivity index (χ1) is 8.56. The maximum Gasteiger partial charge on any atom is 0.242 e. The molecule has 0 bridgehead atoms. The molecule has 0 spiro atoms. The Hall–Kier alpha value is -1.70. The van der Waals surface area contributed by atoms with Gasteiger partial charge in [0.25, 0.3) is 0 Å². The van der Waals surface area contributed by atoms with Crippen molar-refractivity contribution in [2.75, 3.05) is 18.9 Å². The highest BCUT2D eigenvalue weighted by molar-refractivity contribution is 7.89. The maximum atomic E-state index is 12.0. The number of nitrogens with one attached hydrogen (secondary N) is 1. The number of aliphatic hydroxyl groups is 1. The number of anilines is 1. The largest absolute Gasteiger partial charge is 0.398 e. The van der Waals surface area contributed by atoms with Gasteiger partial charge in [0.2, 0.25) is 10.0 Å². The van der Waals surface area contributed by atoms with Crippen LogP contribution in [0.4, 0.5) is 5.69 Å². The van der Waals surface area contributed by atoms with Crippen LogP contribution in [0.3, 0.4) is 0 Å². The Kier molecular flexibility index (Phi) is 3.46. The molecule has 0 saturated heterocycles. The number of nitrogen functional groups attached to an aromatic ring is 1. The predicted molar refractivity (Wildman–Crippen MR) is 68.4 cm³/mol. The predicted octanol–water partition coefficient (Wildman–Crippen LogP) is 0.0876. The van der Waals surface area contributed by atoms with E-state index in [0.717, 1.165) is 0 Å². The monoisotopic (exact) mass is 267 g/mol. The van der Waals surface area contributed by atoms with E-state index in [1.807, 2.05) is 0 Å². The second kappa shape index (κ2) is 4.89. The van der Waals surface area contributed by atoms with Crippen LogP contribution in [0.1, 0.15) is 0 Å². The molecule has 0 aliphatic carbocycles. The summed E-state index contributed by atoms with van der Waals surface area (Å²) in [7, 11) is -3.69. The molecule has 0 aliphatic rings. The molecule has 0 fully saturated rings. The summed E-state index contributed by atoms with van der Waals surface area (Å²) in [6.07, 6.45) is 1.51. The molecule has 96 valence electrons. The zero-order valence-electron chi connectivity index (χ0n) is 9.50. The molecule has 2 aromatic rings. The highest BCUT2D eigenvalue weighted by Crippen LogP contribution is 2.25. The van der Waals surface area contributed by atoms with Crippen LogP contribution in [0, 0.1) is 0 Å². The molecule has 1 heterocycles. The van der Waals surface area contributed by atoms with Crippen molar-refractivity contribution in [2.24, 2.45) is 0 Å². The van der Waals surface area contributed by atoms with Gasteiger partial charge in [0, 0.05) is 23.8 Å². The van der Waals surface area contributed by atoms with E-state index in [1.165, 1.54) is 18.3 Å². The lowest BCUT2D eigenvalue weighted by atomic mass is 10.2. The summed E-state index contributed by atoms with van der Waals surface area (Å²) in [5, 5.41) is 9.26. The first-order valence-electron chi connectivity index (χ1n) is 5.30. The Morgan fingerprint density at radius 2 is 2.11 bits per heavy atom. The smallest absolute Gasteiger partial charge is 0.242 e. The van der Waals surface area contributed by atoms with E-state index in [0.29, 0.717) is 16.6 Å². The Morgan fingerprint density at radius 1 is 1.33 bits per heavy atom. The molecule has 0 aliphatic heterocycles. The molecular weight excluding hydrogens is 254 g/mol. The summed E-state index contributed by atoms with van der Waals surface area (Å²) < 4.78 is 26.3. The molecule has 0 atom stereocenters. The molecule has 4 N–H and O–H groups in total. The van der Waals surface area contributed by atoms with Gasteiger partial charge in [-0.15, -0.1) is 0 Å². The van der Waals surface area contributed by atoms with Crippen molar-refractivity contribution in [3.8, 4) is 0 Å². The van der Waals surface area contributed by atoms with Gasteiger partial charge in [0.15, 0.2) is 0 Å². The number of aliphatic hydroxyl groups excluding tert-OH is 1. The van der Waals surface area contributed by atoms with E-state index >= 15 is 0 Å². The first-order valence-corrected chi connectivity index (χ1v) is 6.78. The van der Waals surface area contributed by atoms with Crippen LogP contribution in [0.25, 0.3) is 10.9 Å². The summed E-state index contributed by atoms with van der Waals surface area (Å²) in [5.74, 6) is 0. The number of rotatable bonds is 4. The van der Waals surface area contributed by atoms with Crippen molar-refractivity contribution >= 4 is 26.6 Å². The number of sulfonamides is 1. The van der Waals surface area contributed by atoms with Crippen LogP contribution in [0.15, 0.2) is 35.4 Å². The van der Waals surface area contributed by atoms with Gasteiger partial charge >= 0.3 is 0 Å². The minimum atomic E-state index is -3.69. The van der Waals surface area contributed by atoms with Gasteiger partial charge in [-0.1, -0.05) is 0 Å². The van der Waals surface area contributed by atoms with Gasteiger partial charge in [-0.25, -0.2) is 13.1 Å². The van der Waals surface area contributed by atoms with Crippen LogP contribution < -0.4 is 10.5 Å². The lowest BCUT2D eigenvalue weighted by molar-refractivity contribution is 0.301. The summed E-state index contributed by atoms with van der Waals surface area (Å²) >= 11 is 0. The van der Waals surface area contributed by atoms with E-state index in [1.54, 1.807) is 12.1 Å². The highest BCUT2D eigenvalue weighted by atomic mass is 32.2. The number of nitrogens with two attached hydrogens (primary N) is 1. The van der Waals surface area contributed by atoms with Gasteiger partial charge in [-0.05, 0) is 24.3 Å². The molecule has 0 amide bonds. The lowest BCUT2D eigenvalue weighted by Gasteiger charge is -2.09. The second-order valence-corrected chi connectivity index (χ2v) is 5.41. The number of fused-ring (bicyclic) bond motifs is 1. The zero-order chi connectivity index (χ0) is 13.2. The molecule has 6 nitrogen and oxygen atoms in total. The molecule has 1 aromatic heterocycles. The SMILES string of the molecule is Nc1ccc(S(=O)(=O)NCCO)c2ncccc12. The summed E-state index contributed by atoms with van der Waals surface area (Å²) in [6, 6.07) is 6.33. The molecular formula is C11H13N3O3S. The number of nitrogens with zero attached hydrogens (tertiary/aromatic N) is 1. The number of pyridine rings is 1. The minimum Gasteiger partial charge on any atom is -0.398 e. The van der Waals surface area contributed by atoms with Crippen LogP contribution in [-0.4, -0.2) is 31.7 Å². The summed E-state index contributed by atoms with van der Waals surface area (Å²) in [4.78, 5) is 4.11. The minimum absolute atomic E-state index is 0.0406. The molecule has 1 aromatic carbocycles. The number of benzene rings is 1. The van der Waals surface area contributed by atoms with Crippen molar-refractivity contribution in [1.82, 2.24) is 9.71 Å². The van der Waals surface area contributed by atoms with Crippen molar-refractivity contribution in [3.63, 3.8) is 0 Å². The normalized spacial score (nSPS) is 11.8. The number of hydrogen-bond acceptors (Lipinski definition) is 5. The Labute approximate surface area is 105 Å². The summed E-state index contributed by atoms with van der Waals surface area (Å²) in [5.41, 5.74) is 6.57. The lowest BCUT2D eigenvalue weighted by Crippen LogP contribution is -2.27. The van der Waals surface area contributed by atoms with Gasteiger partial charge in [-0.3, -0.25) is 4.98 Å². The van der Waals surface area contributed by atoms with E-state index in [2.05, 4.69) is 9.71 Å². The Morgan fingerprint density at radius 3 is 2.83 bits per heavy atom.